The molecule has 1 aliphatic carbocycles. The number of carboxylic acids is 1. The molecule has 3 atom stereocenters. The Kier molecular flexibility index (Phi) is 3.78. The molecule has 1 unspecified atom stereocenters. The average molecular weight is 352 g/mol. The first-order valence-corrected chi connectivity index (χ1v) is 8.03. The fourth-order valence-electron chi connectivity index (χ4n) is 3.18. The van der Waals surface area contributed by atoms with Gasteiger partial charge in [0, 0.05) is 17.6 Å². The van der Waals surface area contributed by atoms with Gasteiger partial charge >= 0.3 is 5.97 Å². The highest BCUT2D eigenvalue weighted by molar-refractivity contribution is 9.10. The normalized spacial score (nSPS) is 26.1. The molecule has 1 amide bonds. The first-order valence-electron chi connectivity index (χ1n) is 7.24. The number of hydrogen-bond acceptors (Lipinski definition) is 2. The Morgan fingerprint density at radius 2 is 2.10 bits per heavy atom. The maximum absolute atomic E-state index is 12.4. The number of hydrogen-bond donors (Lipinski definition) is 1. The summed E-state index contributed by atoms with van der Waals surface area (Å²) in [6.07, 6.45) is 0.781. The van der Waals surface area contributed by atoms with E-state index in [1.165, 1.54) is 0 Å². The zero-order valence-corrected chi connectivity index (χ0v) is 13.4. The summed E-state index contributed by atoms with van der Waals surface area (Å²) in [5.74, 6) is -0.214. The fraction of sp³-hybridized carbons (Fsp3) is 0.500. The molecule has 5 heteroatoms. The van der Waals surface area contributed by atoms with Gasteiger partial charge in [0.15, 0.2) is 0 Å². The number of benzene rings is 1. The van der Waals surface area contributed by atoms with Gasteiger partial charge in [0.25, 0.3) is 0 Å². The summed E-state index contributed by atoms with van der Waals surface area (Å²) in [5.41, 5.74) is 1.01. The maximum Gasteiger partial charge on any atom is 0.306 e. The van der Waals surface area contributed by atoms with E-state index in [2.05, 4.69) is 15.9 Å². The summed E-state index contributed by atoms with van der Waals surface area (Å²) in [4.78, 5) is 25.2. The van der Waals surface area contributed by atoms with E-state index in [4.69, 9.17) is 5.11 Å². The number of nitrogens with zero attached hydrogens (tertiary/aromatic N) is 1. The van der Waals surface area contributed by atoms with Crippen molar-refractivity contribution in [3.63, 3.8) is 0 Å². The lowest BCUT2D eigenvalue weighted by Gasteiger charge is -2.41. The highest BCUT2D eigenvalue weighted by Gasteiger charge is 2.52. The molecule has 0 aromatic heterocycles. The molecule has 0 bridgehead atoms. The van der Waals surface area contributed by atoms with Crippen LogP contribution in [0.1, 0.15) is 24.8 Å². The molecule has 0 radical (unpaired) electrons. The monoisotopic (exact) mass is 351 g/mol. The van der Waals surface area contributed by atoms with E-state index in [9.17, 15) is 9.59 Å². The average Bonchev–Trinajstić information content (AvgIpc) is 3.16. The number of carbonyl (C=O) groups excluding carboxylic acids is 1. The van der Waals surface area contributed by atoms with Crippen molar-refractivity contribution in [1.82, 2.24) is 4.90 Å². The number of rotatable bonds is 4. The van der Waals surface area contributed by atoms with Gasteiger partial charge in [-0.25, -0.2) is 0 Å². The minimum absolute atomic E-state index is 0.136. The van der Waals surface area contributed by atoms with Crippen molar-refractivity contribution in [2.45, 2.75) is 19.3 Å². The van der Waals surface area contributed by atoms with E-state index in [1.807, 2.05) is 36.1 Å². The number of amides is 1. The summed E-state index contributed by atoms with van der Waals surface area (Å²) < 4.78 is 0.975. The van der Waals surface area contributed by atoms with Crippen molar-refractivity contribution in [3.05, 3.63) is 34.3 Å². The predicted octanol–water partition coefficient (Wildman–Crippen LogP) is 2.73. The largest absolute Gasteiger partial charge is 0.481 e. The molecule has 1 aliphatic heterocycles. The molecule has 112 valence electrons. The van der Waals surface area contributed by atoms with Crippen molar-refractivity contribution in [2.75, 3.05) is 13.1 Å². The van der Waals surface area contributed by atoms with Gasteiger partial charge in [0.05, 0.1) is 11.8 Å². The van der Waals surface area contributed by atoms with Gasteiger partial charge in [-0.3, -0.25) is 9.59 Å². The molecule has 1 heterocycles. The van der Waals surface area contributed by atoms with Gasteiger partial charge < -0.3 is 10.0 Å². The first kappa shape index (κ1) is 14.6. The summed E-state index contributed by atoms with van der Waals surface area (Å²) in [6.45, 7) is 3.35. The topological polar surface area (TPSA) is 57.6 Å². The van der Waals surface area contributed by atoms with Crippen LogP contribution in [-0.4, -0.2) is 35.0 Å². The standard InChI is InChI=1S/C16H18BrNO3/c1-9(10-3-2-4-12(17)5-10)15(19)18-7-11(8-18)13-6-14(13)16(20)21/h2-5,9,11,13-14H,6-8H2,1H3,(H,20,21)/t9?,13-,14+/m0/s1. The molecule has 1 N–H and O–H groups in total. The van der Waals surface area contributed by atoms with Crippen molar-refractivity contribution in [3.8, 4) is 0 Å². The minimum Gasteiger partial charge on any atom is -0.481 e. The van der Waals surface area contributed by atoms with E-state index in [0.29, 0.717) is 19.0 Å². The molecule has 1 saturated heterocycles. The van der Waals surface area contributed by atoms with Crippen LogP contribution in [0.3, 0.4) is 0 Å². The molecule has 4 nitrogen and oxygen atoms in total. The van der Waals surface area contributed by atoms with Crippen LogP contribution in [0.25, 0.3) is 0 Å². The molecule has 1 aromatic carbocycles. The SMILES string of the molecule is CC(C(=O)N1CC([C@@H]2C[C@H]2C(=O)O)C1)c1cccc(Br)c1. The Balaban J connectivity index is 1.55. The van der Waals surface area contributed by atoms with Crippen LogP contribution in [0.5, 0.6) is 0 Å². The molecule has 21 heavy (non-hydrogen) atoms. The zero-order valence-electron chi connectivity index (χ0n) is 11.8. The van der Waals surface area contributed by atoms with E-state index in [1.54, 1.807) is 0 Å². The summed E-state index contributed by atoms with van der Waals surface area (Å²) in [7, 11) is 0. The molecule has 2 fully saturated rings. The first-order chi connectivity index (χ1) is 9.97. The number of carbonyl (C=O) groups is 2. The maximum atomic E-state index is 12.4. The lowest BCUT2D eigenvalue weighted by Crippen LogP contribution is -2.52. The van der Waals surface area contributed by atoms with Crippen LogP contribution in [0.15, 0.2) is 28.7 Å². The van der Waals surface area contributed by atoms with Crippen molar-refractivity contribution in [2.24, 2.45) is 17.8 Å². The third kappa shape index (κ3) is 2.84. The van der Waals surface area contributed by atoms with Crippen LogP contribution in [0.2, 0.25) is 0 Å². The Hall–Kier alpha value is -1.36. The van der Waals surface area contributed by atoms with Crippen LogP contribution in [0, 0.1) is 17.8 Å². The molecular weight excluding hydrogens is 334 g/mol. The zero-order chi connectivity index (χ0) is 15.1. The number of halogens is 1. The Morgan fingerprint density at radius 1 is 1.38 bits per heavy atom. The van der Waals surface area contributed by atoms with Gasteiger partial charge in [-0.1, -0.05) is 28.1 Å². The van der Waals surface area contributed by atoms with Gasteiger partial charge in [0.2, 0.25) is 5.91 Å². The summed E-state index contributed by atoms with van der Waals surface area (Å²) in [6, 6.07) is 7.82. The summed E-state index contributed by atoms with van der Waals surface area (Å²) in [5, 5.41) is 8.95. The Labute approximate surface area is 132 Å². The van der Waals surface area contributed by atoms with Crippen LogP contribution < -0.4 is 0 Å². The van der Waals surface area contributed by atoms with E-state index >= 15 is 0 Å². The molecule has 1 saturated carbocycles. The molecule has 3 rings (SSSR count). The highest BCUT2D eigenvalue weighted by Crippen LogP contribution is 2.48. The van der Waals surface area contributed by atoms with E-state index < -0.39 is 5.97 Å². The Bertz CT molecular complexity index is 583. The fourth-order valence-corrected chi connectivity index (χ4v) is 3.59. The summed E-state index contributed by atoms with van der Waals surface area (Å²) >= 11 is 3.42. The second-order valence-corrected chi connectivity index (χ2v) is 7.04. The molecular formula is C16H18BrNO3. The van der Waals surface area contributed by atoms with Crippen LogP contribution >= 0.6 is 15.9 Å². The van der Waals surface area contributed by atoms with Crippen LogP contribution in [0.4, 0.5) is 0 Å². The lowest BCUT2D eigenvalue weighted by molar-refractivity contribution is -0.140. The second-order valence-electron chi connectivity index (χ2n) is 6.12. The van der Waals surface area contributed by atoms with Crippen LogP contribution in [-0.2, 0) is 9.59 Å². The van der Waals surface area contributed by atoms with Crippen molar-refractivity contribution in [1.29, 1.82) is 0 Å². The number of carboxylic acid groups (broad SMARTS) is 1. The van der Waals surface area contributed by atoms with Gasteiger partial charge in [-0.15, -0.1) is 0 Å². The predicted molar refractivity (Wildman–Crippen MR) is 81.9 cm³/mol. The van der Waals surface area contributed by atoms with E-state index in [0.717, 1.165) is 16.5 Å². The van der Waals surface area contributed by atoms with Gasteiger partial charge in [-0.05, 0) is 42.9 Å². The third-order valence-electron chi connectivity index (χ3n) is 4.70. The highest BCUT2D eigenvalue weighted by atomic mass is 79.9. The van der Waals surface area contributed by atoms with Gasteiger partial charge in [0.1, 0.15) is 0 Å². The molecule has 0 spiro atoms. The molecule has 2 aliphatic rings. The van der Waals surface area contributed by atoms with Crippen molar-refractivity contribution < 1.29 is 14.7 Å². The minimum atomic E-state index is -0.688. The van der Waals surface area contributed by atoms with Crippen molar-refractivity contribution >= 4 is 27.8 Å². The number of aliphatic carboxylic acids is 1. The lowest BCUT2D eigenvalue weighted by atomic mass is 9.90. The van der Waals surface area contributed by atoms with E-state index in [-0.39, 0.29) is 23.7 Å². The number of likely N-dealkylation sites (tertiary alicyclic amines) is 1. The smallest absolute Gasteiger partial charge is 0.306 e. The third-order valence-corrected chi connectivity index (χ3v) is 5.20. The molecule has 1 aromatic rings. The Morgan fingerprint density at radius 3 is 2.67 bits per heavy atom. The van der Waals surface area contributed by atoms with Gasteiger partial charge in [-0.2, -0.15) is 0 Å². The second kappa shape index (κ2) is 5.44. The quantitative estimate of drug-likeness (QED) is 0.907.